The van der Waals surface area contributed by atoms with Crippen LogP contribution in [0.5, 0.6) is 0 Å². The number of rotatable bonds is 4. The van der Waals surface area contributed by atoms with Crippen LogP contribution in [-0.4, -0.2) is 15.0 Å². The fourth-order valence-corrected chi connectivity index (χ4v) is 8.90. The molecule has 3 heteroatoms. The van der Waals surface area contributed by atoms with Crippen molar-refractivity contribution in [2.24, 2.45) is 0 Å². The summed E-state index contributed by atoms with van der Waals surface area (Å²) in [5.41, 5.74) is 12.3. The van der Waals surface area contributed by atoms with Gasteiger partial charge in [0, 0.05) is 16.7 Å². The summed E-state index contributed by atoms with van der Waals surface area (Å²) in [5, 5.41) is 5.26. The van der Waals surface area contributed by atoms with Crippen molar-refractivity contribution in [3.8, 4) is 56.4 Å². The fourth-order valence-electron chi connectivity index (χ4n) is 8.90. The Labute approximate surface area is 295 Å². The molecule has 0 fully saturated rings. The van der Waals surface area contributed by atoms with E-state index in [2.05, 4.69) is 152 Å². The zero-order valence-corrected chi connectivity index (χ0v) is 27.6. The monoisotopic (exact) mass is 647 g/mol. The van der Waals surface area contributed by atoms with Crippen molar-refractivity contribution in [2.75, 3.05) is 0 Å². The smallest absolute Gasteiger partial charge is 0.164 e. The van der Waals surface area contributed by atoms with Crippen LogP contribution in [0.15, 0.2) is 176 Å². The summed E-state index contributed by atoms with van der Waals surface area (Å²) in [4.78, 5) is 15.8. The summed E-state index contributed by atoms with van der Waals surface area (Å²) in [7, 11) is 0. The first-order valence-corrected chi connectivity index (χ1v) is 17.5. The Hall–Kier alpha value is -6.71. The highest BCUT2D eigenvalue weighted by Gasteiger charge is 2.51. The van der Waals surface area contributed by atoms with Gasteiger partial charge in [0.05, 0.1) is 5.41 Å². The fraction of sp³-hybridized carbons (Fsp3) is 0.0208. The molecule has 51 heavy (non-hydrogen) atoms. The van der Waals surface area contributed by atoms with E-state index < -0.39 is 5.41 Å². The van der Waals surface area contributed by atoms with Gasteiger partial charge >= 0.3 is 0 Å². The van der Waals surface area contributed by atoms with Crippen LogP contribution in [0.1, 0.15) is 22.3 Å². The second kappa shape index (κ2) is 10.6. The largest absolute Gasteiger partial charge is 0.208 e. The van der Waals surface area contributed by atoms with Gasteiger partial charge in [-0.25, -0.2) is 15.0 Å². The van der Waals surface area contributed by atoms with E-state index in [1.165, 1.54) is 54.9 Å². The highest BCUT2D eigenvalue weighted by atomic mass is 15.0. The Morgan fingerprint density at radius 1 is 0.294 bits per heavy atom. The van der Waals surface area contributed by atoms with Gasteiger partial charge in [-0.3, -0.25) is 0 Å². The molecule has 11 rings (SSSR count). The zero-order chi connectivity index (χ0) is 33.5. The first-order valence-electron chi connectivity index (χ1n) is 17.5. The predicted octanol–water partition coefficient (Wildman–Crippen LogP) is 11.5. The molecular formula is C48H29N3. The Kier molecular flexibility index (Phi) is 5.88. The van der Waals surface area contributed by atoms with Crippen LogP contribution in [-0.2, 0) is 5.41 Å². The standard InChI is InChI=1S/C48H29N3/c1-3-14-30(15-4-1)34-20-7-8-21-35(34)46-49-45(33-16-5-2-6-17-33)50-47(51-46)37-23-13-27-41-44(37)36-22-9-10-24-38(36)48(41)39-25-11-18-31-28-29-32-19-12-26-40(48)43(32)42(31)39/h1-29H. The first kappa shape index (κ1) is 28.2. The quantitative estimate of drug-likeness (QED) is 0.178. The van der Waals surface area contributed by atoms with Crippen molar-refractivity contribution in [3.63, 3.8) is 0 Å². The summed E-state index contributed by atoms with van der Waals surface area (Å²) >= 11 is 0. The summed E-state index contributed by atoms with van der Waals surface area (Å²) in [6, 6.07) is 62.9. The maximum absolute atomic E-state index is 5.35. The maximum Gasteiger partial charge on any atom is 0.164 e. The third kappa shape index (κ3) is 3.86. The minimum Gasteiger partial charge on any atom is -0.208 e. The minimum absolute atomic E-state index is 0.456. The van der Waals surface area contributed by atoms with Crippen LogP contribution in [0.3, 0.4) is 0 Å². The lowest BCUT2D eigenvalue weighted by Crippen LogP contribution is -2.26. The molecule has 0 saturated carbocycles. The third-order valence-electron chi connectivity index (χ3n) is 10.9. The molecule has 0 N–H and O–H groups in total. The van der Waals surface area contributed by atoms with E-state index in [0.29, 0.717) is 17.5 Å². The number of hydrogen-bond acceptors (Lipinski definition) is 3. The molecule has 1 aromatic heterocycles. The molecule has 9 aromatic rings. The van der Waals surface area contributed by atoms with Crippen LogP contribution in [0.2, 0.25) is 0 Å². The summed E-state index contributed by atoms with van der Waals surface area (Å²) in [6.45, 7) is 0. The normalized spacial score (nSPS) is 13.3. The summed E-state index contributed by atoms with van der Waals surface area (Å²) in [6.07, 6.45) is 0. The Balaban J connectivity index is 1.22. The van der Waals surface area contributed by atoms with Gasteiger partial charge in [-0.05, 0) is 66.1 Å². The van der Waals surface area contributed by atoms with Crippen LogP contribution < -0.4 is 0 Å². The number of aromatic nitrogens is 3. The summed E-state index contributed by atoms with van der Waals surface area (Å²) in [5.74, 6) is 1.97. The van der Waals surface area contributed by atoms with Crippen LogP contribution in [0.25, 0.3) is 78.0 Å². The topological polar surface area (TPSA) is 38.7 Å². The lowest BCUT2D eigenvalue weighted by molar-refractivity contribution is 0.797. The Morgan fingerprint density at radius 3 is 1.45 bits per heavy atom. The van der Waals surface area contributed by atoms with E-state index in [0.717, 1.165) is 27.8 Å². The van der Waals surface area contributed by atoms with Gasteiger partial charge in [-0.15, -0.1) is 0 Å². The Morgan fingerprint density at radius 2 is 0.765 bits per heavy atom. The molecule has 0 amide bonds. The number of benzene rings is 8. The average Bonchev–Trinajstić information content (AvgIpc) is 3.69. The highest BCUT2D eigenvalue weighted by Crippen LogP contribution is 2.63. The maximum atomic E-state index is 5.35. The minimum atomic E-state index is -0.456. The van der Waals surface area contributed by atoms with Gasteiger partial charge in [0.15, 0.2) is 17.5 Å². The molecular weight excluding hydrogens is 619 g/mol. The number of nitrogens with zero attached hydrogens (tertiary/aromatic N) is 3. The Bertz CT molecular complexity index is 2790. The molecule has 0 aliphatic heterocycles. The van der Waals surface area contributed by atoms with Gasteiger partial charge in [0.2, 0.25) is 0 Å². The molecule has 1 spiro atoms. The second-order valence-electron chi connectivity index (χ2n) is 13.5. The molecule has 3 nitrogen and oxygen atoms in total. The van der Waals surface area contributed by atoms with E-state index in [4.69, 9.17) is 15.0 Å². The van der Waals surface area contributed by atoms with Crippen molar-refractivity contribution < 1.29 is 0 Å². The molecule has 0 radical (unpaired) electrons. The molecule has 0 saturated heterocycles. The lowest BCUT2D eigenvalue weighted by atomic mass is 9.70. The van der Waals surface area contributed by atoms with Crippen LogP contribution in [0.4, 0.5) is 0 Å². The van der Waals surface area contributed by atoms with Gasteiger partial charge in [-0.1, -0.05) is 176 Å². The van der Waals surface area contributed by atoms with Crippen molar-refractivity contribution in [1.82, 2.24) is 15.0 Å². The lowest BCUT2D eigenvalue weighted by Gasteiger charge is -2.31. The molecule has 0 unspecified atom stereocenters. The predicted molar refractivity (Wildman–Crippen MR) is 207 cm³/mol. The van der Waals surface area contributed by atoms with Gasteiger partial charge in [0.25, 0.3) is 0 Å². The molecule has 0 atom stereocenters. The van der Waals surface area contributed by atoms with Gasteiger partial charge in [-0.2, -0.15) is 0 Å². The van der Waals surface area contributed by atoms with Crippen LogP contribution in [0, 0.1) is 0 Å². The highest BCUT2D eigenvalue weighted by molar-refractivity contribution is 6.17. The molecule has 236 valence electrons. The zero-order valence-electron chi connectivity index (χ0n) is 27.6. The molecule has 0 bridgehead atoms. The van der Waals surface area contributed by atoms with Gasteiger partial charge < -0.3 is 0 Å². The SMILES string of the molecule is c1ccc(-c2nc(-c3ccccc3-c3ccccc3)nc(-c3cccc4c3-c3ccccc3C43c4cccc5ccc6cccc3c6c45)n2)cc1. The molecule has 1 heterocycles. The van der Waals surface area contributed by atoms with Crippen molar-refractivity contribution in [3.05, 3.63) is 198 Å². The first-order chi connectivity index (χ1) is 25.3. The number of hydrogen-bond donors (Lipinski definition) is 0. The van der Waals surface area contributed by atoms with Crippen molar-refractivity contribution >= 4 is 21.5 Å². The van der Waals surface area contributed by atoms with E-state index in [1.807, 2.05) is 24.3 Å². The molecule has 2 aliphatic rings. The van der Waals surface area contributed by atoms with Crippen molar-refractivity contribution in [1.29, 1.82) is 0 Å². The van der Waals surface area contributed by atoms with Crippen molar-refractivity contribution in [2.45, 2.75) is 5.41 Å². The average molecular weight is 648 g/mol. The summed E-state index contributed by atoms with van der Waals surface area (Å²) < 4.78 is 0. The van der Waals surface area contributed by atoms with E-state index in [1.54, 1.807) is 0 Å². The van der Waals surface area contributed by atoms with E-state index in [9.17, 15) is 0 Å². The van der Waals surface area contributed by atoms with Crippen LogP contribution >= 0.6 is 0 Å². The number of fused-ring (bicyclic) bond motifs is 7. The van der Waals surface area contributed by atoms with E-state index in [-0.39, 0.29) is 0 Å². The second-order valence-corrected chi connectivity index (χ2v) is 13.5. The molecule has 8 aromatic carbocycles. The third-order valence-corrected chi connectivity index (χ3v) is 10.9. The van der Waals surface area contributed by atoms with Gasteiger partial charge in [0.1, 0.15) is 0 Å². The molecule has 2 aliphatic carbocycles. The van der Waals surface area contributed by atoms with E-state index >= 15 is 0 Å².